The van der Waals surface area contributed by atoms with Crippen LogP contribution in [0.5, 0.6) is 17.2 Å². The van der Waals surface area contributed by atoms with Crippen molar-refractivity contribution in [1.82, 2.24) is 0 Å². The summed E-state index contributed by atoms with van der Waals surface area (Å²) in [6.07, 6.45) is 0.990. The molecule has 0 spiro atoms. The molecule has 1 heterocycles. The number of hydrogen-bond acceptors (Lipinski definition) is 3. The van der Waals surface area contributed by atoms with Crippen LogP contribution in [0, 0.1) is 0 Å². The summed E-state index contributed by atoms with van der Waals surface area (Å²) in [6.45, 7) is 6.15. The van der Waals surface area contributed by atoms with E-state index in [-0.39, 0.29) is 11.8 Å². The molecule has 0 saturated heterocycles. The summed E-state index contributed by atoms with van der Waals surface area (Å²) in [5.74, 6) is 1.70. The highest BCUT2D eigenvalue weighted by atomic mass is 35.5. The van der Waals surface area contributed by atoms with Gasteiger partial charge in [-0.1, -0.05) is 11.6 Å². The predicted molar refractivity (Wildman–Crippen MR) is 94.2 cm³/mol. The maximum atomic E-state index is 9.67. The number of quaternary nitrogens is 1. The van der Waals surface area contributed by atoms with Gasteiger partial charge in [-0.25, -0.2) is 0 Å². The van der Waals surface area contributed by atoms with Crippen LogP contribution in [-0.4, -0.2) is 24.9 Å². The fourth-order valence-electron chi connectivity index (χ4n) is 3.23. The first-order valence-electron chi connectivity index (χ1n) is 8.38. The van der Waals surface area contributed by atoms with Crippen LogP contribution in [-0.2, 0) is 6.42 Å². The molecule has 0 bridgehead atoms. The zero-order valence-corrected chi connectivity index (χ0v) is 14.8. The van der Waals surface area contributed by atoms with Crippen molar-refractivity contribution in [2.75, 3.05) is 19.8 Å². The molecule has 2 aromatic rings. The number of ether oxygens (including phenoxy) is 2. The molecule has 128 valence electrons. The van der Waals surface area contributed by atoms with Gasteiger partial charge >= 0.3 is 0 Å². The Labute approximate surface area is 147 Å². The van der Waals surface area contributed by atoms with Gasteiger partial charge < -0.3 is 19.9 Å². The molecule has 1 aliphatic heterocycles. The highest BCUT2D eigenvalue weighted by Gasteiger charge is 2.27. The van der Waals surface area contributed by atoms with Crippen LogP contribution in [0.4, 0.5) is 0 Å². The topological polar surface area (TPSA) is 55.3 Å². The molecule has 1 aliphatic rings. The number of phenolic OH excluding ortho intramolecular Hbond substituents is 1. The molecule has 0 aromatic heterocycles. The molecule has 1 atom stereocenters. The Kier molecular flexibility index (Phi) is 5.17. The molecule has 0 saturated carbocycles. The number of fused-ring (bicyclic) bond motifs is 1. The second-order valence-corrected chi connectivity index (χ2v) is 6.23. The highest BCUT2D eigenvalue weighted by molar-refractivity contribution is 6.32. The summed E-state index contributed by atoms with van der Waals surface area (Å²) < 4.78 is 11.5. The summed E-state index contributed by atoms with van der Waals surface area (Å²) in [5, 5.41) is 12.3. The summed E-state index contributed by atoms with van der Waals surface area (Å²) in [7, 11) is 0. The molecule has 2 aromatic carbocycles. The minimum atomic E-state index is 0.109. The zero-order valence-electron chi connectivity index (χ0n) is 14.0. The third-order valence-corrected chi connectivity index (χ3v) is 4.59. The molecule has 3 rings (SSSR count). The van der Waals surface area contributed by atoms with Crippen LogP contribution >= 0.6 is 11.6 Å². The Hall–Kier alpha value is -1.91. The Bertz CT molecular complexity index is 733. The van der Waals surface area contributed by atoms with E-state index in [9.17, 15) is 5.11 Å². The van der Waals surface area contributed by atoms with Crippen molar-refractivity contribution in [3.05, 3.63) is 52.0 Å². The lowest BCUT2D eigenvalue weighted by atomic mass is 9.89. The van der Waals surface area contributed by atoms with E-state index in [1.54, 1.807) is 6.07 Å². The summed E-state index contributed by atoms with van der Waals surface area (Å²) >= 11 is 6.10. The number of halogens is 1. The molecule has 4 nitrogen and oxygen atoms in total. The van der Waals surface area contributed by atoms with Gasteiger partial charge in [0.05, 0.1) is 24.8 Å². The molecule has 24 heavy (non-hydrogen) atoms. The van der Waals surface area contributed by atoms with Gasteiger partial charge in [0, 0.05) is 17.5 Å². The fraction of sp³-hybridized carbons (Fsp3) is 0.368. The maximum Gasteiger partial charge on any atom is 0.161 e. The van der Waals surface area contributed by atoms with Crippen molar-refractivity contribution in [1.29, 1.82) is 0 Å². The largest absolute Gasteiger partial charge is 0.506 e. The SMILES string of the molecule is CCOc1cc2c(cc1OCC)[C@@H](c1ccc(O)c(Cl)c1)[NH2+]CC2. The minimum absolute atomic E-state index is 0.109. The second-order valence-electron chi connectivity index (χ2n) is 5.83. The Balaban J connectivity index is 2.05. The monoisotopic (exact) mass is 348 g/mol. The van der Waals surface area contributed by atoms with Crippen molar-refractivity contribution in [3.63, 3.8) is 0 Å². The first-order chi connectivity index (χ1) is 11.6. The van der Waals surface area contributed by atoms with Crippen molar-refractivity contribution >= 4 is 11.6 Å². The van der Waals surface area contributed by atoms with Crippen LogP contribution in [0.3, 0.4) is 0 Å². The minimum Gasteiger partial charge on any atom is -0.506 e. The normalized spacial score (nSPS) is 16.5. The van der Waals surface area contributed by atoms with Gasteiger partial charge in [-0.15, -0.1) is 0 Å². The molecule has 0 fully saturated rings. The lowest BCUT2D eigenvalue weighted by Crippen LogP contribution is -2.87. The van der Waals surface area contributed by atoms with Crippen LogP contribution in [0.15, 0.2) is 30.3 Å². The van der Waals surface area contributed by atoms with Crippen molar-refractivity contribution < 1.29 is 19.9 Å². The smallest absolute Gasteiger partial charge is 0.161 e. The first kappa shape index (κ1) is 16.9. The molecule has 0 aliphatic carbocycles. The number of rotatable bonds is 5. The van der Waals surface area contributed by atoms with Crippen LogP contribution in [0.1, 0.15) is 36.6 Å². The van der Waals surface area contributed by atoms with Crippen molar-refractivity contribution in [3.8, 4) is 17.2 Å². The van der Waals surface area contributed by atoms with Crippen LogP contribution < -0.4 is 14.8 Å². The number of aromatic hydroxyl groups is 1. The van der Waals surface area contributed by atoms with Crippen LogP contribution in [0.25, 0.3) is 0 Å². The second kappa shape index (κ2) is 7.32. The molecule has 0 radical (unpaired) electrons. The summed E-state index contributed by atoms with van der Waals surface area (Å²) in [5.41, 5.74) is 3.57. The van der Waals surface area contributed by atoms with Crippen molar-refractivity contribution in [2.24, 2.45) is 0 Å². The molecule has 0 unspecified atom stereocenters. The molecular weight excluding hydrogens is 326 g/mol. The number of nitrogens with two attached hydrogens (primary N) is 1. The molecule has 5 heteroatoms. The average Bonchev–Trinajstić information content (AvgIpc) is 2.58. The van der Waals surface area contributed by atoms with Crippen molar-refractivity contribution in [2.45, 2.75) is 26.3 Å². The first-order valence-corrected chi connectivity index (χ1v) is 8.76. The molecule has 3 N–H and O–H groups in total. The van der Waals surface area contributed by atoms with Gasteiger partial charge in [-0.3, -0.25) is 0 Å². The van der Waals surface area contributed by atoms with E-state index in [1.165, 1.54) is 11.1 Å². The van der Waals surface area contributed by atoms with Gasteiger partial charge in [0.15, 0.2) is 11.5 Å². The Morgan fingerprint density at radius 1 is 1.12 bits per heavy atom. The Morgan fingerprint density at radius 2 is 1.83 bits per heavy atom. The highest BCUT2D eigenvalue weighted by Crippen LogP contribution is 2.37. The zero-order chi connectivity index (χ0) is 17.1. The number of hydrogen-bond donors (Lipinski definition) is 2. The summed E-state index contributed by atoms with van der Waals surface area (Å²) in [6, 6.07) is 9.74. The molecule has 0 amide bonds. The third kappa shape index (κ3) is 3.30. The average molecular weight is 349 g/mol. The third-order valence-electron chi connectivity index (χ3n) is 4.29. The van der Waals surface area contributed by atoms with E-state index in [2.05, 4.69) is 17.4 Å². The quantitative estimate of drug-likeness (QED) is 0.873. The van der Waals surface area contributed by atoms with Gasteiger partial charge in [0.1, 0.15) is 11.8 Å². The van der Waals surface area contributed by atoms with E-state index in [0.29, 0.717) is 18.2 Å². The number of benzene rings is 2. The fourth-order valence-corrected chi connectivity index (χ4v) is 3.41. The number of phenols is 1. The predicted octanol–water partition coefficient (Wildman–Crippen LogP) is 3.05. The van der Waals surface area contributed by atoms with Gasteiger partial charge in [0.25, 0.3) is 0 Å². The standard InChI is InChI=1S/C19H22ClNO3/c1-3-23-17-10-12-7-8-21-19(14(12)11-18(17)24-4-2)13-5-6-16(22)15(20)9-13/h5-6,9-11,19,21-22H,3-4,7-8H2,1-2H3/p+1/t19-/m1/s1. The van der Waals surface area contributed by atoms with Gasteiger partial charge in [0.2, 0.25) is 0 Å². The van der Waals surface area contributed by atoms with Crippen LogP contribution in [0.2, 0.25) is 5.02 Å². The van der Waals surface area contributed by atoms with Gasteiger partial charge in [-0.05, 0) is 49.7 Å². The van der Waals surface area contributed by atoms with E-state index in [1.807, 2.05) is 26.0 Å². The molecular formula is C19H23ClNO3+. The maximum absolute atomic E-state index is 9.67. The van der Waals surface area contributed by atoms with Gasteiger partial charge in [-0.2, -0.15) is 0 Å². The van der Waals surface area contributed by atoms with E-state index < -0.39 is 0 Å². The van der Waals surface area contributed by atoms with E-state index in [0.717, 1.165) is 30.0 Å². The lowest BCUT2D eigenvalue weighted by Gasteiger charge is -2.26. The lowest BCUT2D eigenvalue weighted by molar-refractivity contribution is -0.690. The summed E-state index contributed by atoms with van der Waals surface area (Å²) in [4.78, 5) is 0. The van der Waals surface area contributed by atoms with E-state index >= 15 is 0 Å². The van der Waals surface area contributed by atoms with E-state index in [4.69, 9.17) is 21.1 Å². The Morgan fingerprint density at radius 3 is 2.50 bits per heavy atom.